The van der Waals surface area contributed by atoms with Crippen molar-refractivity contribution < 1.29 is 29.5 Å². The highest BCUT2D eigenvalue weighted by Crippen LogP contribution is 2.20. The van der Waals surface area contributed by atoms with Gasteiger partial charge in [0.2, 0.25) is 5.95 Å². The average Bonchev–Trinajstić information content (AvgIpc) is 3.19. The number of nitrogens with zero attached hydrogens (tertiary/aromatic N) is 10. The van der Waals surface area contributed by atoms with E-state index in [1.165, 1.54) is 0 Å². The lowest BCUT2D eigenvalue weighted by atomic mass is 10.3. The second kappa shape index (κ2) is 11.4. The van der Waals surface area contributed by atoms with Crippen molar-refractivity contribution in [2.24, 2.45) is 0 Å². The molecule has 2 aromatic rings. The van der Waals surface area contributed by atoms with Gasteiger partial charge in [-0.3, -0.25) is 65.8 Å². The Labute approximate surface area is 175 Å². The number of anilines is 2. The van der Waals surface area contributed by atoms with Crippen LogP contribution in [0.25, 0.3) is 11.4 Å². The van der Waals surface area contributed by atoms with Crippen LogP contribution >= 0.6 is 0 Å². The van der Waals surface area contributed by atoms with Crippen LogP contribution in [0.3, 0.4) is 0 Å². The van der Waals surface area contributed by atoms with E-state index in [9.17, 15) is 60.7 Å². The minimum atomic E-state index is -2.94. The second-order valence-electron chi connectivity index (χ2n) is 4.84. The number of nitrogens with one attached hydrogen (secondary N) is 1. The monoisotopic (exact) mass is 482 g/mol. The van der Waals surface area contributed by atoms with Crippen molar-refractivity contribution in [2.45, 2.75) is 12.6 Å². The van der Waals surface area contributed by atoms with Gasteiger partial charge in [0, 0.05) is 6.20 Å². The van der Waals surface area contributed by atoms with Crippen molar-refractivity contribution in [1.29, 1.82) is 0 Å². The molecule has 26 nitrogen and oxygen atoms in total. The molecule has 0 aliphatic heterocycles. The first-order chi connectivity index (χ1) is 15.1. The molecule has 0 saturated carbocycles. The molecule has 0 fully saturated rings. The Morgan fingerprint density at radius 2 is 1.12 bits per heavy atom. The number of H-pyrrole nitrogens is 1. The highest BCUT2D eigenvalue weighted by molar-refractivity contribution is 5.68. The van der Waals surface area contributed by atoms with Crippen molar-refractivity contribution >= 4 is 11.8 Å². The van der Waals surface area contributed by atoms with E-state index >= 15 is 0 Å². The van der Waals surface area contributed by atoms with Crippen LogP contribution in [-0.2, 0) is 0 Å². The molecular weight excluding hydrogens is 472 g/mol. The summed E-state index contributed by atoms with van der Waals surface area (Å²) < 4.78 is 1.14. The molecule has 2 aromatic heterocycles. The number of rotatable bonds is 7. The van der Waals surface area contributed by atoms with E-state index < -0.39 is 42.1 Å². The summed E-state index contributed by atoms with van der Waals surface area (Å²) >= 11 is 0. The molecule has 2 rings (SSSR count). The zero-order chi connectivity index (χ0) is 26.0. The smallest absolute Gasteiger partial charge is 0.382 e. The third kappa shape index (κ3) is 7.48. The van der Waals surface area contributed by atoms with Crippen LogP contribution < -0.4 is 17.3 Å². The lowest BCUT2D eigenvalue weighted by Crippen LogP contribution is -2.36. The largest absolute Gasteiger partial charge is 0.693 e. The van der Waals surface area contributed by atoms with Gasteiger partial charge >= 0.3 is 12.6 Å². The molecule has 0 unspecified atom stereocenters. The van der Waals surface area contributed by atoms with E-state index in [2.05, 4.69) is 20.4 Å². The van der Waals surface area contributed by atoms with Gasteiger partial charge in [-0.1, -0.05) is 0 Å². The summed E-state index contributed by atoms with van der Waals surface area (Å²) in [5, 5.41) is 70.7. The van der Waals surface area contributed by atoms with E-state index in [1.54, 1.807) is 6.20 Å². The van der Waals surface area contributed by atoms with Crippen LogP contribution in [0.2, 0.25) is 0 Å². The first-order valence-electron chi connectivity index (χ1n) is 7.19. The Hall–Kier alpha value is -5.85. The second-order valence-corrected chi connectivity index (χ2v) is 4.84. The normalized spacial score (nSPS) is 9.76. The summed E-state index contributed by atoms with van der Waals surface area (Å²) in [6.07, 6.45) is -4.32. The van der Waals surface area contributed by atoms with Gasteiger partial charge in [0.05, 0.1) is 5.56 Å². The minimum absolute atomic E-state index is 0.121. The fourth-order valence-corrected chi connectivity index (χ4v) is 1.43. The number of nitrogen functional groups attached to an aromatic ring is 3. The maximum atomic E-state index is 9.50. The molecule has 0 aliphatic rings. The van der Waals surface area contributed by atoms with Crippen LogP contribution in [0.1, 0.15) is 0 Å². The Morgan fingerprint density at radius 3 is 1.30 bits per heavy atom. The quantitative estimate of drug-likeness (QED) is 0.130. The Kier molecular flexibility index (Phi) is 9.35. The Morgan fingerprint density at radius 1 is 0.758 bits per heavy atom. The van der Waals surface area contributed by atoms with Gasteiger partial charge in [-0.25, -0.2) is 4.68 Å². The minimum Gasteiger partial charge on any atom is -0.382 e. The van der Waals surface area contributed by atoms with E-state index in [-0.39, 0.29) is 5.95 Å². The highest BCUT2D eigenvalue weighted by Gasteiger charge is 2.45. The van der Waals surface area contributed by atoms with Crippen molar-refractivity contribution in [3.8, 4) is 11.4 Å². The first-order valence-corrected chi connectivity index (χ1v) is 7.19. The molecule has 2 heterocycles. The van der Waals surface area contributed by atoms with E-state index in [0.717, 1.165) is 4.68 Å². The van der Waals surface area contributed by atoms with Gasteiger partial charge < -0.3 is 17.3 Å². The predicted octanol–water partition coefficient (Wildman–Crippen LogP) is -3.25. The SMILES string of the molecule is Nc1n[nH]cc1-c1nnc(N)n1N.O=[N+]([O-])C([N+](=O)[O-])[N+](=O)[O-].O=[N+]([O-])C([N+](=O)[O-])[N+](=O)[O-]. The van der Waals surface area contributed by atoms with E-state index in [1.807, 2.05) is 0 Å². The Balaban J connectivity index is 0.000000474. The zero-order valence-electron chi connectivity index (χ0n) is 15.3. The highest BCUT2D eigenvalue weighted by atomic mass is 16.7. The van der Waals surface area contributed by atoms with Crippen molar-refractivity contribution in [2.75, 3.05) is 17.3 Å². The Bertz CT molecular complexity index is 950. The van der Waals surface area contributed by atoms with Gasteiger partial charge in [-0.05, 0) is 0 Å². The van der Waals surface area contributed by atoms with Crippen molar-refractivity contribution in [1.82, 2.24) is 25.1 Å². The van der Waals surface area contributed by atoms with Crippen LogP contribution in [0.4, 0.5) is 11.8 Å². The van der Waals surface area contributed by atoms with Gasteiger partial charge in [0.1, 0.15) is 0 Å². The van der Waals surface area contributed by atoms with E-state index in [0.29, 0.717) is 17.2 Å². The van der Waals surface area contributed by atoms with Gasteiger partial charge in [0.25, 0.3) is 0 Å². The third-order valence-electron chi connectivity index (χ3n) is 2.76. The number of hydrogen-bond donors (Lipinski definition) is 4. The molecule has 0 radical (unpaired) electrons. The molecule has 7 N–H and O–H groups in total. The predicted molar refractivity (Wildman–Crippen MR) is 96.1 cm³/mol. The molecule has 26 heteroatoms. The van der Waals surface area contributed by atoms with Gasteiger partial charge in [-0.2, -0.15) is 5.10 Å². The fraction of sp³-hybridized carbons (Fsp3) is 0.286. The number of hydrogen-bond acceptors (Lipinski definition) is 18. The van der Waals surface area contributed by atoms with Crippen molar-refractivity contribution in [3.63, 3.8) is 0 Å². The standard InChI is InChI=1S/C5H8N8.2CHN3O6/c6-3-2(1-9-10-3)4-11-12-5(7)13(4)8;2*5-2(6)1(3(7)8)4(9)10/h1H,8H2,(H2,7,12)(H3,6,9,10);2*1H. The molecule has 0 saturated heterocycles. The molecule has 33 heavy (non-hydrogen) atoms. The number of nitro groups is 6. The number of aromatic nitrogens is 5. The topological polar surface area (TPSA) is 396 Å². The first kappa shape index (κ1) is 27.1. The summed E-state index contributed by atoms with van der Waals surface area (Å²) in [6.45, 7) is 0. The lowest BCUT2D eigenvalue weighted by molar-refractivity contribution is -0.912. The summed E-state index contributed by atoms with van der Waals surface area (Å²) in [4.78, 5) is 47.5. The molecule has 0 spiro atoms. The maximum absolute atomic E-state index is 9.50. The summed E-state index contributed by atoms with van der Waals surface area (Å²) in [5.74, 6) is 6.34. The molecular formula is C7H10N14O12. The van der Waals surface area contributed by atoms with Crippen LogP contribution in [0.15, 0.2) is 6.20 Å². The van der Waals surface area contributed by atoms with Crippen molar-refractivity contribution in [3.05, 3.63) is 66.9 Å². The van der Waals surface area contributed by atoms with Gasteiger partial charge in [-0.15, -0.1) is 10.2 Å². The number of aromatic amines is 1. The maximum Gasteiger partial charge on any atom is 0.693 e. The third-order valence-corrected chi connectivity index (χ3v) is 2.76. The summed E-state index contributed by atoms with van der Waals surface area (Å²) in [6, 6.07) is 0. The fourth-order valence-electron chi connectivity index (χ4n) is 1.43. The van der Waals surface area contributed by atoms with E-state index in [4.69, 9.17) is 17.3 Å². The lowest BCUT2D eigenvalue weighted by Gasteiger charge is -1.97. The average molecular weight is 482 g/mol. The zero-order valence-corrected chi connectivity index (χ0v) is 15.3. The van der Waals surface area contributed by atoms with Gasteiger partial charge in [0.15, 0.2) is 41.2 Å². The molecule has 0 aromatic carbocycles. The summed E-state index contributed by atoms with van der Waals surface area (Å²) in [5.41, 5.74) is 11.5. The molecule has 0 bridgehead atoms. The molecule has 0 amide bonds. The summed E-state index contributed by atoms with van der Waals surface area (Å²) in [7, 11) is 0. The van der Waals surface area contributed by atoms with Crippen LogP contribution in [0, 0.1) is 60.7 Å². The molecule has 180 valence electrons. The number of nitrogens with two attached hydrogens (primary N) is 3. The van der Waals surface area contributed by atoms with Crippen LogP contribution in [0.5, 0.6) is 0 Å². The molecule has 0 atom stereocenters. The molecule has 0 aliphatic carbocycles. The van der Waals surface area contributed by atoms with Crippen LogP contribution in [-0.4, -0.2) is 67.2 Å².